The number of aromatic nitrogens is 1. The highest BCUT2D eigenvalue weighted by Gasteiger charge is 2.03. The third-order valence-corrected chi connectivity index (χ3v) is 2.88. The molecule has 18 heavy (non-hydrogen) atoms. The molecule has 1 N–H and O–H groups in total. The Hall–Kier alpha value is -0.930. The first-order valence-electron chi connectivity index (χ1n) is 6.98. The van der Waals surface area contributed by atoms with Gasteiger partial charge in [0.25, 0.3) is 0 Å². The van der Waals surface area contributed by atoms with Crippen LogP contribution in [0.3, 0.4) is 0 Å². The second kappa shape index (κ2) is 8.22. The molecule has 0 aromatic carbocycles. The van der Waals surface area contributed by atoms with E-state index in [1.165, 1.54) is 12.8 Å². The van der Waals surface area contributed by atoms with Crippen molar-refractivity contribution in [3.63, 3.8) is 0 Å². The summed E-state index contributed by atoms with van der Waals surface area (Å²) in [4.78, 5) is 7.03. The predicted molar refractivity (Wildman–Crippen MR) is 77.5 cm³/mol. The molecule has 0 amide bonds. The zero-order valence-electron chi connectivity index (χ0n) is 12.2. The monoisotopic (exact) mass is 249 g/mol. The number of pyridine rings is 1. The first-order chi connectivity index (χ1) is 8.61. The zero-order valence-corrected chi connectivity index (χ0v) is 12.2. The highest BCUT2D eigenvalue weighted by Crippen LogP contribution is 2.04. The normalized spacial score (nSPS) is 11.4. The Balaban J connectivity index is 2.48. The van der Waals surface area contributed by atoms with Crippen molar-refractivity contribution < 1.29 is 0 Å². The van der Waals surface area contributed by atoms with Gasteiger partial charge in [-0.15, -0.1) is 0 Å². The van der Waals surface area contributed by atoms with Crippen molar-refractivity contribution in [3.8, 4) is 0 Å². The highest BCUT2D eigenvalue weighted by molar-refractivity contribution is 5.11. The fourth-order valence-corrected chi connectivity index (χ4v) is 1.81. The maximum Gasteiger partial charge on any atom is 0.0547 e. The van der Waals surface area contributed by atoms with Gasteiger partial charge in [-0.3, -0.25) is 4.98 Å². The Kier molecular flexibility index (Phi) is 6.91. The summed E-state index contributed by atoms with van der Waals surface area (Å²) in [5.41, 5.74) is 2.29. The fourth-order valence-electron chi connectivity index (χ4n) is 1.81. The number of unbranched alkanes of at least 4 members (excludes halogenated alkanes) is 1. The van der Waals surface area contributed by atoms with E-state index < -0.39 is 0 Å². The summed E-state index contributed by atoms with van der Waals surface area (Å²) in [6.45, 7) is 9.47. The van der Waals surface area contributed by atoms with E-state index in [0.29, 0.717) is 6.04 Å². The molecule has 1 aromatic heterocycles. The largest absolute Gasteiger partial charge is 0.309 e. The van der Waals surface area contributed by atoms with Crippen LogP contribution in [0.2, 0.25) is 0 Å². The molecular weight excluding hydrogens is 222 g/mol. The lowest BCUT2D eigenvalue weighted by Gasteiger charge is -2.16. The summed E-state index contributed by atoms with van der Waals surface area (Å²) >= 11 is 0. The quantitative estimate of drug-likeness (QED) is 0.768. The number of rotatable bonds is 8. The van der Waals surface area contributed by atoms with E-state index in [1.807, 2.05) is 0 Å². The molecule has 0 saturated heterocycles. The lowest BCUT2D eigenvalue weighted by molar-refractivity contribution is 0.316. The van der Waals surface area contributed by atoms with Crippen molar-refractivity contribution >= 4 is 0 Å². The lowest BCUT2D eigenvalue weighted by Crippen LogP contribution is -2.23. The molecule has 0 spiro atoms. The summed E-state index contributed by atoms with van der Waals surface area (Å²) in [5.74, 6) is 0. The van der Waals surface area contributed by atoms with E-state index in [2.05, 4.69) is 61.2 Å². The van der Waals surface area contributed by atoms with Crippen molar-refractivity contribution in [3.05, 3.63) is 29.6 Å². The molecule has 3 heteroatoms. The minimum absolute atomic E-state index is 0.502. The van der Waals surface area contributed by atoms with Crippen LogP contribution in [0, 0.1) is 0 Å². The van der Waals surface area contributed by atoms with E-state index >= 15 is 0 Å². The van der Waals surface area contributed by atoms with E-state index in [4.69, 9.17) is 0 Å². The molecule has 0 radical (unpaired) electrons. The second-order valence-corrected chi connectivity index (χ2v) is 5.25. The van der Waals surface area contributed by atoms with Crippen LogP contribution in [0.15, 0.2) is 18.2 Å². The Morgan fingerprint density at radius 2 is 2.00 bits per heavy atom. The van der Waals surface area contributed by atoms with Crippen LogP contribution in [-0.2, 0) is 13.1 Å². The molecule has 0 aliphatic carbocycles. The first-order valence-corrected chi connectivity index (χ1v) is 6.98. The molecule has 0 bridgehead atoms. The third kappa shape index (κ3) is 6.12. The molecule has 102 valence electrons. The molecule has 1 heterocycles. The van der Waals surface area contributed by atoms with Crippen molar-refractivity contribution in [1.29, 1.82) is 0 Å². The minimum atomic E-state index is 0.502. The Morgan fingerprint density at radius 1 is 1.28 bits per heavy atom. The summed E-state index contributed by atoms with van der Waals surface area (Å²) in [7, 11) is 2.16. The van der Waals surface area contributed by atoms with Gasteiger partial charge in [-0.25, -0.2) is 0 Å². The summed E-state index contributed by atoms with van der Waals surface area (Å²) < 4.78 is 0. The van der Waals surface area contributed by atoms with Gasteiger partial charge in [0.1, 0.15) is 0 Å². The molecule has 3 nitrogen and oxygen atoms in total. The van der Waals surface area contributed by atoms with Gasteiger partial charge >= 0.3 is 0 Å². The van der Waals surface area contributed by atoms with Gasteiger partial charge in [0.2, 0.25) is 0 Å². The number of nitrogens with one attached hydrogen (secondary N) is 1. The molecule has 0 atom stereocenters. The van der Waals surface area contributed by atoms with E-state index in [1.54, 1.807) is 0 Å². The van der Waals surface area contributed by atoms with Crippen LogP contribution in [0.25, 0.3) is 0 Å². The maximum atomic E-state index is 4.69. The van der Waals surface area contributed by atoms with Gasteiger partial charge in [-0.05, 0) is 32.1 Å². The van der Waals surface area contributed by atoms with Crippen molar-refractivity contribution in [2.75, 3.05) is 13.6 Å². The van der Waals surface area contributed by atoms with Crippen molar-refractivity contribution in [2.24, 2.45) is 0 Å². The number of hydrogen-bond donors (Lipinski definition) is 1. The molecule has 1 aromatic rings. The van der Waals surface area contributed by atoms with Crippen LogP contribution >= 0.6 is 0 Å². The SMILES string of the molecule is CCCCN(C)Cc1cccc(CNC(C)C)n1. The molecule has 0 aliphatic heterocycles. The van der Waals surface area contributed by atoms with E-state index in [-0.39, 0.29) is 0 Å². The van der Waals surface area contributed by atoms with E-state index in [0.717, 1.165) is 31.0 Å². The number of nitrogens with zero attached hydrogens (tertiary/aromatic N) is 2. The van der Waals surface area contributed by atoms with Crippen LogP contribution < -0.4 is 5.32 Å². The average Bonchev–Trinajstić information content (AvgIpc) is 2.34. The minimum Gasteiger partial charge on any atom is -0.309 e. The van der Waals surface area contributed by atoms with E-state index in [9.17, 15) is 0 Å². The summed E-state index contributed by atoms with van der Waals surface area (Å²) in [6, 6.07) is 6.81. The van der Waals surface area contributed by atoms with Gasteiger partial charge < -0.3 is 10.2 Å². The summed E-state index contributed by atoms with van der Waals surface area (Å²) in [5, 5.41) is 3.40. The predicted octanol–water partition coefficient (Wildman–Crippen LogP) is 2.81. The van der Waals surface area contributed by atoms with Crippen molar-refractivity contribution in [2.45, 2.75) is 52.7 Å². The molecule has 0 fully saturated rings. The Bertz CT molecular complexity index is 336. The smallest absolute Gasteiger partial charge is 0.0547 e. The van der Waals surface area contributed by atoms with Crippen LogP contribution in [-0.4, -0.2) is 29.5 Å². The standard InChI is InChI=1S/C15H27N3/c1-5-6-10-18(4)12-15-9-7-8-14(17-15)11-16-13(2)3/h7-9,13,16H,5-6,10-12H2,1-4H3. The van der Waals surface area contributed by atoms with Crippen LogP contribution in [0.4, 0.5) is 0 Å². The molecule has 0 aliphatic rings. The van der Waals surface area contributed by atoms with Crippen molar-refractivity contribution in [1.82, 2.24) is 15.2 Å². The summed E-state index contributed by atoms with van der Waals surface area (Å²) in [6.07, 6.45) is 2.50. The fraction of sp³-hybridized carbons (Fsp3) is 0.667. The molecule has 1 rings (SSSR count). The Labute approximate surface area is 112 Å². The molecule has 0 unspecified atom stereocenters. The topological polar surface area (TPSA) is 28.2 Å². The maximum absolute atomic E-state index is 4.69. The van der Waals surface area contributed by atoms with Crippen LogP contribution in [0.1, 0.15) is 45.0 Å². The third-order valence-electron chi connectivity index (χ3n) is 2.88. The van der Waals surface area contributed by atoms with Gasteiger partial charge in [0, 0.05) is 19.1 Å². The zero-order chi connectivity index (χ0) is 13.4. The highest BCUT2D eigenvalue weighted by atomic mass is 15.1. The van der Waals surface area contributed by atoms with Crippen LogP contribution in [0.5, 0.6) is 0 Å². The Morgan fingerprint density at radius 3 is 2.67 bits per heavy atom. The second-order valence-electron chi connectivity index (χ2n) is 5.25. The average molecular weight is 249 g/mol. The van der Waals surface area contributed by atoms with Gasteiger partial charge in [-0.2, -0.15) is 0 Å². The van der Waals surface area contributed by atoms with Gasteiger partial charge in [0.05, 0.1) is 11.4 Å². The molecule has 0 saturated carbocycles. The molecular formula is C15H27N3. The first kappa shape index (κ1) is 15.1. The lowest BCUT2D eigenvalue weighted by atomic mass is 10.2. The van der Waals surface area contributed by atoms with Gasteiger partial charge in [0.15, 0.2) is 0 Å². The van der Waals surface area contributed by atoms with Gasteiger partial charge in [-0.1, -0.05) is 33.3 Å². The number of hydrogen-bond acceptors (Lipinski definition) is 3.